The number of aliphatic imine (C=N–C) groups is 1. The van der Waals surface area contributed by atoms with Gasteiger partial charge in [-0.1, -0.05) is 5.92 Å². The number of nitrogens with zero attached hydrogens (tertiary/aromatic N) is 4. The smallest absolute Gasteiger partial charge is 0.410 e. The second-order valence-electron chi connectivity index (χ2n) is 11.8. The van der Waals surface area contributed by atoms with Crippen molar-refractivity contribution in [3.05, 3.63) is 29.5 Å². The highest BCUT2D eigenvalue weighted by molar-refractivity contribution is 5.96. The lowest BCUT2D eigenvalue weighted by Crippen LogP contribution is -2.43. The van der Waals surface area contributed by atoms with E-state index in [9.17, 15) is 9.59 Å². The molecular formula is C29H37N5O4. The Hall–Kier alpha value is -3.72. The predicted molar refractivity (Wildman–Crippen MR) is 144 cm³/mol. The van der Waals surface area contributed by atoms with E-state index >= 15 is 0 Å². The first kappa shape index (κ1) is 27.3. The van der Waals surface area contributed by atoms with Gasteiger partial charge in [0.2, 0.25) is 0 Å². The Balaban J connectivity index is 1.32. The van der Waals surface area contributed by atoms with Crippen LogP contribution in [0.15, 0.2) is 23.0 Å². The van der Waals surface area contributed by atoms with Crippen LogP contribution in [-0.2, 0) is 9.47 Å². The molecule has 4 rings (SSSR count). The van der Waals surface area contributed by atoms with Crippen molar-refractivity contribution >= 4 is 17.9 Å². The number of hydrogen-bond donors (Lipinski definition) is 1. The zero-order valence-electron chi connectivity index (χ0n) is 23.2. The summed E-state index contributed by atoms with van der Waals surface area (Å²) in [6, 6.07) is -0.202. The summed E-state index contributed by atoms with van der Waals surface area (Å²) in [6.07, 6.45) is 6.93. The topological polar surface area (TPSA) is 100 Å². The Morgan fingerprint density at radius 3 is 2.13 bits per heavy atom. The van der Waals surface area contributed by atoms with Crippen molar-refractivity contribution in [3.63, 3.8) is 0 Å². The molecule has 4 heterocycles. The van der Waals surface area contributed by atoms with Crippen molar-refractivity contribution in [1.82, 2.24) is 19.8 Å². The summed E-state index contributed by atoms with van der Waals surface area (Å²) in [5.41, 5.74) is 1.38. The molecule has 2 fully saturated rings. The monoisotopic (exact) mass is 519 g/mol. The third-order valence-electron chi connectivity index (χ3n) is 6.30. The van der Waals surface area contributed by atoms with Gasteiger partial charge in [-0.25, -0.2) is 14.6 Å². The standard InChI is InChI=1S/C29H37N5O4/c1-28(2,3)37-26(35)33-15-9-13-23(33)22-17-20(18-30-22)11-7-8-12-21-19-31-25(32-21)24-14-10-16-34(24)27(36)38-29(4,5)6/h18-19,23-24H,9-10,13-17H2,1-6H3,(H,31,32)/t23-,24-/m0/s1. The van der Waals surface area contributed by atoms with Gasteiger partial charge in [-0.3, -0.25) is 14.8 Å². The lowest BCUT2D eigenvalue weighted by Gasteiger charge is -2.28. The van der Waals surface area contributed by atoms with Crippen LogP contribution in [0.3, 0.4) is 0 Å². The van der Waals surface area contributed by atoms with Gasteiger partial charge in [-0.05, 0) is 85.0 Å². The van der Waals surface area contributed by atoms with Gasteiger partial charge in [-0.2, -0.15) is 0 Å². The van der Waals surface area contributed by atoms with Crippen LogP contribution in [0, 0.1) is 23.7 Å². The quantitative estimate of drug-likeness (QED) is 0.557. The average Bonchev–Trinajstić information content (AvgIpc) is 3.60. The van der Waals surface area contributed by atoms with Gasteiger partial charge in [0.05, 0.1) is 18.3 Å². The maximum absolute atomic E-state index is 12.6. The molecular weight excluding hydrogens is 482 g/mol. The summed E-state index contributed by atoms with van der Waals surface area (Å²) in [7, 11) is 0. The van der Waals surface area contributed by atoms with Crippen LogP contribution in [0.25, 0.3) is 0 Å². The van der Waals surface area contributed by atoms with Crippen LogP contribution in [0.2, 0.25) is 0 Å². The number of carbonyl (C=O) groups excluding carboxylic acids is 2. The lowest BCUT2D eigenvalue weighted by molar-refractivity contribution is 0.0216. The van der Waals surface area contributed by atoms with Gasteiger partial charge in [0.1, 0.15) is 22.7 Å². The van der Waals surface area contributed by atoms with Gasteiger partial charge < -0.3 is 14.5 Å². The first-order valence-electron chi connectivity index (χ1n) is 13.2. The summed E-state index contributed by atoms with van der Waals surface area (Å²) >= 11 is 0. The molecule has 0 unspecified atom stereocenters. The Labute approximate surface area is 225 Å². The summed E-state index contributed by atoms with van der Waals surface area (Å²) in [4.78, 5) is 40.9. The molecule has 9 heteroatoms. The zero-order valence-corrected chi connectivity index (χ0v) is 23.2. The first-order valence-corrected chi connectivity index (χ1v) is 13.2. The second kappa shape index (κ2) is 10.9. The van der Waals surface area contributed by atoms with Crippen molar-refractivity contribution in [1.29, 1.82) is 0 Å². The minimum absolute atomic E-state index is 0.0502. The molecule has 1 aromatic heterocycles. The minimum atomic E-state index is -0.544. The molecule has 38 heavy (non-hydrogen) atoms. The van der Waals surface area contributed by atoms with Crippen LogP contribution in [0.4, 0.5) is 9.59 Å². The van der Waals surface area contributed by atoms with Gasteiger partial charge in [0.25, 0.3) is 0 Å². The fourth-order valence-electron chi connectivity index (χ4n) is 4.75. The van der Waals surface area contributed by atoms with Gasteiger partial charge in [-0.15, -0.1) is 0 Å². The number of amides is 2. The van der Waals surface area contributed by atoms with Crippen molar-refractivity contribution in [2.45, 2.75) is 96.9 Å². The molecule has 2 amide bonds. The number of aromatic nitrogens is 2. The lowest BCUT2D eigenvalue weighted by atomic mass is 10.0. The van der Waals surface area contributed by atoms with E-state index in [-0.39, 0.29) is 24.3 Å². The maximum Gasteiger partial charge on any atom is 0.410 e. The molecule has 9 nitrogen and oxygen atoms in total. The zero-order chi connectivity index (χ0) is 27.5. The van der Waals surface area contributed by atoms with Crippen LogP contribution >= 0.6 is 0 Å². The van der Waals surface area contributed by atoms with Gasteiger partial charge >= 0.3 is 12.2 Å². The molecule has 0 bridgehead atoms. The second-order valence-corrected chi connectivity index (χ2v) is 11.8. The Bertz CT molecular complexity index is 1260. The summed E-state index contributed by atoms with van der Waals surface area (Å²) < 4.78 is 11.1. The molecule has 0 aromatic carbocycles. The van der Waals surface area contributed by atoms with E-state index in [1.54, 1.807) is 22.2 Å². The molecule has 0 aliphatic carbocycles. The molecule has 2 saturated heterocycles. The van der Waals surface area contributed by atoms with Crippen LogP contribution in [-0.4, -0.2) is 68.0 Å². The summed E-state index contributed by atoms with van der Waals surface area (Å²) in [5, 5.41) is 0. The van der Waals surface area contributed by atoms with Crippen molar-refractivity contribution in [2.24, 2.45) is 4.99 Å². The molecule has 0 saturated carbocycles. The predicted octanol–water partition coefficient (Wildman–Crippen LogP) is 4.96. The van der Waals surface area contributed by atoms with Crippen LogP contribution in [0.5, 0.6) is 0 Å². The van der Waals surface area contributed by atoms with E-state index in [0.717, 1.165) is 37.0 Å². The highest BCUT2D eigenvalue weighted by Gasteiger charge is 2.36. The van der Waals surface area contributed by atoms with Crippen LogP contribution < -0.4 is 0 Å². The van der Waals surface area contributed by atoms with E-state index in [0.29, 0.717) is 31.0 Å². The number of hydrogen-bond acceptors (Lipinski definition) is 6. The largest absolute Gasteiger partial charge is 0.444 e. The number of allylic oxidation sites excluding steroid dienone is 1. The average molecular weight is 520 g/mol. The normalized spacial score (nSPS) is 21.2. The molecule has 0 spiro atoms. The number of likely N-dealkylation sites (tertiary alicyclic amines) is 2. The Morgan fingerprint density at radius 2 is 1.50 bits per heavy atom. The van der Waals surface area contributed by atoms with E-state index < -0.39 is 11.2 Å². The van der Waals surface area contributed by atoms with Crippen molar-refractivity contribution in [2.75, 3.05) is 13.1 Å². The Kier molecular flexibility index (Phi) is 7.87. The van der Waals surface area contributed by atoms with E-state index in [4.69, 9.17) is 9.47 Å². The molecule has 2 atom stereocenters. The van der Waals surface area contributed by atoms with Crippen LogP contribution in [0.1, 0.15) is 91.2 Å². The highest BCUT2D eigenvalue weighted by Crippen LogP contribution is 2.31. The van der Waals surface area contributed by atoms with Gasteiger partial charge in [0.15, 0.2) is 0 Å². The number of carbonyl (C=O) groups is 2. The Morgan fingerprint density at radius 1 is 0.921 bits per heavy atom. The van der Waals surface area contributed by atoms with Crippen molar-refractivity contribution in [3.8, 4) is 23.7 Å². The number of rotatable bonds is 2. The number of H-pyrrole nitrogens is 1. The minimum Gasteiger partial charge on any atom is -0.444 e. The number of ether oxygens (including phenoxy) is 2. The number of aromatic amines is 1. The number of imidazole rings is 1. The third-order valence-corrected chi connectivity index (χ3v) is 6.30. The summed E-state index contributed by atoms with van der Waals surface area (Å²) in [5.74, 6) is 12.5. The van der Waals surface area contributed by atoms with Gasteiger partial charge in [0, 0.05) is 37.0 Å². The van der Waals surface area contributed by atoms with E-state index in [2.05, 4.69) is 38.6 Å². The fraction of sp³-hybridized carbons (Fsp3) is 0.586. The van der Waals surface area contributed by atoms with Crippen molar-refractivity contribution < 1.29 is 19.1 Å². The van der Waals surface area contributed by atoms with E-state index in [1.807, 2.05) is 41.5 Å². The third kappa shape index (κ3) is 6.98. The molecule has 0 radical (unpaired) electrons. The van der Waals surface area contributed by atoms with E-state index in [1.165, 1.54) is 0 Å². The SMILES string of the molecule is CC(C)(C)OC(=O)N1CCC[C@H]1C1=NC=C(C#CC#Cc2cnc([C@@H]3CCCN3C(=O)OC(C)(C)C)[nH]2)C1. The molecule has 202 valence electrons. The fourth-order valence-corrected chi connectivity index (χ4v) is 4.75. The molecule has 1 N–H and O–H groups in total. The summed E-state index contributed by atoms with van der Waals surface area (Å²) in [6.45, 7) is 12.5. The molecule has 1 aromatic rings. The maximum atomic E-state index is 12.6. The molecule has 3 aliphatic heterocycles. The highest BCUT2D eigenvalue weighted by atomic mass is 16.6. The molecule has 3 aliphatic rings. The first-order chi connectivity index (χ1) is 17.9. The number of nitrogens with one attached hydrogen (secondary N) is 1.